The van der Waals surface area contributed by atoms with Gasteiger partial charge in [-0.15, -0.1) is 12.6 Å². The van der Waals surface area contributed by atoms with E-state index in [1.165, 1.54) is 0 Å². The van der Waals surface area contributed by atoms with Gasteiger partial charge in [0, 0.05) is 0 Å². The standard InChI is InChI=1S/C11H20O4S/c1-5-6-7-11(16,8(12)13)9(14)15-10(2,3)4/h16H,5-7H2,1-4H3,(H,12,13). The second-order valence-electron chi connectivity index (χ2n) is 4.77. The Hall–Kier alpha value is -0.710. The number of aliphatic carboxylic acids is 1. The number of carbonyl (C=O) groups is 2. The van der Waals surface area contributed by atoms with Crippen LogP contribution in [-0.2, 0) is 14.3 Å². The molecule has 1 unspecified atom stereocenters. The molecule has 0 rings (SSSR count). The van der Waals surface area contributed by atoms with Gasteiger partial charge in [-0.05, 0) is 27.2 Å². The first-order valence-electron chi connectivity index (χ1n) is 5.32. The Kier molecular flexibility index (Phi) is 5.32. The zero-order valence-electron chi connectivity index (χ0n) is 10.2. The first-order chi connectivity index (χ1) is 7.13. The zero-order chi connectivity index (χ0) is 13.0. The molecule has 1 N–H and O–H groups in total. The van der Waals surface area contributed by atoms with E-state index in [2.05, 4.69) is 12.6 Å². The molecule has 1 atom stereocenters. The number of carboxylic acid groups (broad SMARTS) is 1. The quantitative estimate of drug-likeness (QED) is 0.445. The fraction of sp³-hybridized carbons (Fsp3) is 0.818. The average Bonchev–Trinajstić information content (AvgIpc) is 2.10. The van der Waals surface area contributed by atoms with Crippen LogP contribution in [0.3, 0.4) is 0 Å². The van der Waals surface area contributed by atoms with E-state index >= 15 is 0 Å². The van der Waals surface area contributed by atoms with Crippen molar-refractivity contribution in [3.05, 3.63) is 0 Å². The van der Waals surface area contributed by atoms with Gasteiger partial charge >= 0.3 is 11.9 Å². The van der Waals surface area contributed by atoms with Gasteiger partial charge in [-0.1, -0.05) is 19.8 Å². The topological polar surface area (TPSA) is 63.6 Å². The lowest BCUT2D eigenvalue weighted by atomic mass is 10.0. The molecule has 0 amide bonds. The lowest BCUT2D eigenvalue weighted by Gasteiger charge is -2.27. The van der Waals surface area contributed by atoms with Crippen molar-refractivity contribution in [2.75, 3.05) is 0 Å². The number of carboxylic acids is 1. The highest BCUT2D eigenvalue weighted by molar-refractivity contribution is 7.83. The maximum Gasteiger partial charge on any atom is 0.334 e. The maximum atomic E-state index is 11.7. The van der Waals surface area contributed by atoms with Crippen molar-refractivity contribution >= 4 is 24.6 Å². The van der Waals surface area contributed by atoms with Crippen LogP contribution in [0.15, 0.2) is 0 Å². The van der Waals surface area contributed by atoms with E-state index in [0.717, 1.165) is 6.42 Å². The maximum absolute atomic E-state index is 11.7. The van der Waals surface area contributed by atoms with Crippen molar-refractivity contribution in [2.24, 2.45) is 0 Å². The molecule has 4 nitrogen and oxygen atoms in total. The fourth-order valence-corrected chi connectivity index (χ4v) is 1.30. The van der Waals surface area contributed by atoms with Crippen LogP contribution in [0.2, 0.25) is 0 Å². The molecule has 0 saturated heterocycles. The molecule has 0 aromatic carbocycles. The Balaban J connectivity index is 4.77. The van der Waals surface area contributed by atoms with Crippen LogP contribution in [0.1, 0.15) is 47.0 Å². The Labute approximate surface area is 102 Å². The molecule has 0 aliphatic heterocycles. The summed E-state index contributed by atoms with van der Waals surface area (Å²) in [5.74, 6) is -2.04. The van der Waals surface area contributed by atoms with E-state index in [9.17, 15) is 9.59 Å². The van der Waals surface area contributed by atoms with Crippen LogP contribution in [0, 0.1) is 0 Å². The van der Waals surface area contributed by atoms with Gasteiger partial charge in [0.25, 0.3) is 0 Å². The summed E-state index contributed by atoms with van der Waals surface area (Å²) in [6, 6.07) is 0. The Morgan fingerprint density at radius 1 is 1.31 bits per heavy atom. The summed E-state index contributed by atoms with van der Waals surface area (Å²) < 4.78 is 3.33. The van der Waals surface area contributed by atoms with Crippen LogP contribution < -0.4 is 0 Å². The summed E-state index contributed by atoms with van der Waals surface area (Å²) in [5.41, 5.74) is -0.702. The number of hydrogen-bond donors (Lipinski definition) is 2. The van der Waals surface area contributed by atoms with Crippen LogP contribution in [0.5, 0.6) is 0 Å². The molecule has 0 bridgehead atoms. The number of rotatable bonds is 5. The van der Waals surface area contributed by atoms with Gasteiger partial charge < -0.3 is 9.84 Å². The van der Waals surface area contributed by atoms with E-state index in [4.69, 9.17) is 9.84 Å². The number of esters is 1. The molecule has 16 heavy (non-hydrogen) atoms. The molecular weight excluding hydrogens is 228 g/mol. The van der Waals surface area contributed by atoms with Crippen LogP contribution in [0.25, 0.3) is 0 Å². The fourth-order valence-electron chi connectivity index (χ4n) is 1.09. The molecule has 0 heterocycles. The summed E-state index contributed by atoms with van der Waals surface area (Å²) in [5, 5.41) is 9.05. The number of thiol groups is 1. The Morgan fingerprint density at radius 2 is 1.81 bits per heavy atom. The van der Waals surface area contributed by atoms with E-state index < -0.39 is 22.3 Å². The molecule has 0 spiro atoms. The predicted octanol–water partition coefficient (Wildman–Crippen LogP) is 2.27. The monoisotopic (exact) mass is 248 g/mol. The third-order valence-electron chi connectivity index (χ3n) is 1.98. The van der Waals surface area contributed by atoms with Crippen LogP contribution in [-0.4, -0.2) is 27.4 Å². The highest BCUT2D eigenvalue weighted by Crippen LogP contribution is 2.26. The molecule has 0 saturated carbocycles. The van der Waals surface area contributed by atoms with Gasteiger partial charge in [-0.3, -0.25) is 4.79 Å². The first-order valence-corrected chi connectivity index (χ1v) is 5.77. The molecular formula is C11H20O4S. The summed E-state index contributed by atoms with van der Waals surface area (Å²) >= 11 is 3.98. The Bertz CT molecular complexity index is 270. The minimum atomic E-state index is -1.73. The summed E-state index contributed by atoms with van der Waals surface area (Å²) in [6.07, 6.45) is 1.60. The molecule has 0 radical (unpaired) electrons. The van der Waals surface area contributed by atoms with Gasteiger partial charge in [-0.25, -0.2) is 4.79 Å². The lowest BCUT2D eigenvalue weighted by Crippen LogP contribution is -2.45. The summed E-state index contributed by atoms with van der Waals surface area (Å²) in [4.78, 5) is 22.8. The molecule has 0 fully saturated rings. The van der Waals surface area contributed by atoms with Crippen molar-refractivity contribution in [1.29, 1.82) is 0 Å². The van der Waals surface area contributed by atoms with Crippen molar-refractivity contribution in [3.8, 4) is 0 Å². The summed E-state index contributed by atoms with van der Waals surface area (Å²) in [6.45, 7) is 7.01. The SMILES string of the molecule is CCCCC(S)(C(=O)O)C(=O)OC(C)(C)C. The van der Waals surface area contributed by atoms with Crippen molar-refractivity contribution < 1.29 is 19.4 Å². The highest BCUT2D eigenvalue weighted by atomic mass is 32.1. The Morgan fingerprint density at radius 3 is 2.12 bits per heavy atom. The molecule has 0 aromatic rings. The first kappa shape index (κ1) is 15.3. The minimum absolute atomic E-state index is 0.177. The number of hydrogen-bond acceptors (Lipinski definition) is 4. The van der Waals surface area contributed by atoms with E-state index in [1.807, 2.05) is 6.92 Å². The third kappa shape index (κ3) is 4.43. The highest BCUT2D eigenvalue weighted by Gasteiger charge is 2.45. The van der Waals surface area contributed by atoms with Crippen molar-refractivity contribution in [2.45, 2.75) is 57.3 Å². The van der Waals surface area contributed by atoms with E-state index in [-0.39, 0.29) is 6.42 Å². The third-order valence-corrected chi connectivity index (χ3v) is 2.58. The lowest BCUT2D eigenvalue weighted by molar-refractivity contribution is -0.164. The number of ether oxygens (including phenoxy) is 1. The van der Waals surface area contributed by atoms with E-state index in [1.54, 1.807) is 20.8 Å². The molecule has 94 valence electrons. The van der Waals surface area contributed by atoms with Gasteiger partial charge in [0.05, 0.1) is 0 Å². The number of carbonyl (C=O) groups excluding carboxylic acids is 1. The normalized spacial score (nSPS) is 15.3. The van der Waals surface area contributed by atoms with Crippen LogP contribution >= 0.6 is 12.6 Å². The second-order valence-corrected chi connectivity index (χ2v) is 5.53. The van der Waals surface area contributed by atoms with E-state index in [0.29, 0.717) is 6.42 Å². The van der Waals surface area contributed by atoms with Gasteiger partial charge in [-0.2, -0.15) is 0 Å². The second kappa shape index (κ2) is 5.57. The number of unbranched alkanes of at least 4 members (excludes halogenated alkanes) is 1. The summed E-state index contributed by atoms with van der Waals surface area (Å²) in [7, 11) is 0. The average molecular weight is 248 g/mol. The molecule has 0 aromatic heterocycles. The zero-order valence-corrected chi connectivity index (χ0v) is 11.1. The predicted molar refractivity (Wildman–Crippen MR) is 64.7 cm³/mol. The van der Waals surface area contributed by atoms with Gasteiger partial charge in [0.15, 0.2) is 0 Å². The molecule has 0 aliphatic rings. The molecule has 5 heteroatoms. The van der Waals surface area contributed by atoms with Crippen molar-refractivity contribution in [1.82, 2.24) is 0 Å². The smallest absolute Gasteiger partial charge is 0.334 e. The van der Waals surface area contributed by atoms with Gasteiger partial charge in [0.1, 0.15) is 5.60 Å². The molecule has 0 aliphatic carbocycles. The van der Waals surface area contributed by atoms with Gasteiger partial charge in [0.2, 0.25) is 4.75 Å². The minimum Gasteiger partial charge on any atom is -0.480 e. The largest absolute Gasteiger partial charge is 0.480 e. The van der Waals surface area contributed by atoms with Crippen molar-refractivity contribution in [3.63, 3.8) is 0 Å². The van der Waals surface area contributed by atoms with Crippen LogP contribution in [0.4, 0.5) is 0 Å².